The van der Waals surface area contributed by atoms with Crippen LogP contribution in [0.2, 0.25) is 0 Å². The van der Waals surface area contributed by atoms with Crippen molar-refractivity contribution in [2.24, 2.45) is 28.6 Å². The van der Waals surface area contributed by atoms with E-state index >= 15 is 0 Å². The molecule has 3 saturated carbocycles. The summed E-state index contributed by atoms with van der Waals surface area (Å²) in [6.45, 7) is 8.22. The van der Waals surface area contributed by atoms with Gasteiger partial charge in [0.2, 0.25) is 0 Å². The third-order valence-corrected chi connectivity index (χ3v) is 10.1. The Morgan fingerprint density at radius 1 is 0.943 bits per heavy atom. The predicted molar refractivity (Wildman–Crippen MR) is 136 cm³/mol. The highest BCUT2D eigenvalue weighted by Crippen LogP contribution is 2.64. The molecule has 0 bridgehead atoms. The zero-order valence-corrected chi connectivity index (χ0v) is 22.4. The van der Waals surface area contributed by atoms with Gasteiger partial charge >= 0.3 is 11.9 Å². The van der Waals surface area contributed by atoms with Crippen molar-refractivity contribution in [3.05, 3.63) is 11.6 Å². The molecular weight excluding hydrogens is 440 g/mol. The van der Waals surface area contributed by atoms with Crippen LogP contribution in [0.25, 0.3) is 0 Å². The lowest BCUT2D eigenvalue weighted by Crippen LogP contribution is -2.55. The summed E-state index contributed by atoms with van der Waals surface area (Å²) in [5.74, 6) is 0.948. The molecule has 0 aromatic rings. The number of ketones is 1. The molecule has 0 saturated heterocycles. The molecule has 4 aliphatic rings. The fraction of sp³-hybridized carbons (Fsp3) is 0.833. The zero-order chi connectivity index (χ0) is 25.2. The molecule has 35 heavy (non-hydrogen) atoms. The molecule has 0 radical (unpaired) electrons. The molecule has 5 nitrogen and oxygen atoms in total. The van der Waals surface area contributed by atoms with Crippen LogP contribution in [0.1, 0.15) is 118 Å². The average Bonchev–Trinajstić information content (AvgIpc) is 3.11. The van der Waals surface area contributed by atoms with E-state index in [4.69, 9.17) is 9.47 Å². The van der Waals surface area contributed by atoms with Crippen molar-refractivity contribution in [3.8, 4) is 0 Å². The van der Waals surface area contributed by atoms with E-state index in [-0.39, 0.29) is 46.8 Å². The molecular formula is C30H46O5. The Kier molecular flexibility index (Phi) is 8.12. The summed E-state index contributed by atoms with van der Waals surface area (Å²) in [5, 5.41) is 0. The van der Waals surface area contributed by atoms with Gasteiger partial charge in [-0.1, -0.05) is 58.4 Å². The van der Waals surface area contributed by atoms with Gasteiger partial charge in [0.25, 0.3) is 0 Å². The number of carbonyl (C=O) groups is 3. The molecule has 7 atom stereocenters. The minimum absolute atomic E-state index is 0.0243. The minimum Gasteiger partial charge on any atom is -0.462 e. The fourth-order valence-corrected chi connectivity index (χ4v) is 8.07. The van der Waals surface area contributed by atoms with E-state index < -0.39 is 0 Å². The SMILES string of the molecule is CCCCCCCCC(=O)O[C@@H]1C=C2C[C@@H](OC(C)=O)CC[C@]2(C)C2CC[C@]3(C)C(=O)CCC3C21. The molecule has 3 unspecified atom stereocenters. The van der Waals surface area contributed by atoms with Gasteiger partial charge in [0.15, 0.2) is 0 Å². The van der Waals surface area contributed by atoms with Crippen LogP contribution in [0.4, 0.5) is 0 Å². The molecule has 3 fully saturated rings. The van der Waals surface area contributed by atoms with E-state index in [1.54, 1.807) is 0 Å². The van der Waals surface area contributed by atoms with Gasteiger partial charge in [0.1, 0.15) is 18.0 Å². The lowest BCUT2D eigenvalue weighted by molar-refractivity contribution is -0.161. The third-order valence-electron chi connectivity index (χ3n) is 10.1. The molecule has 0 aromatic heterocycles. The monoisotopic (exact) mass is 486 g/mol. The lowest BCUT2D eigenvalue weighted by atomic mass is 9.47. The Hall–Kier alpha value is -1.65. The largest absolute Gasteiger partial charge is 0.462 e. The van der Waals surface area contributed by atoms with Gasteiger partial charge in [-0.3, -0.25) is 14.4 Å². The van der Waals surface area contributed by atoms with Crippen molar-refractivity contribution in [3.63, 3.8) is 0 Å². The maximum absolute atomic E-state index is 13.0. The van der Waals surface area contributed by atoms with Crippen LogP contribution in [0, 0.1) is 28.6 Å². The summed E-state index contributed by atoms with van der Waals surface area (Å²) in [6.07, 6.45) is 15.3. The molecule has 4 rings (SSSR count). The second kappa shape index (κ2) is 10.8. The fourth-order valence-electron chi connectivity index (χ4n) is 8.07. The van der Waals surface area contributed by atoms with Gasteiger partial charge in [0, 0.05) is 37.5 Å². The summed E-state index contributed by atoms with van der Waals surface area (Å²) in [6, 6.07) is 0. The van der Waals surface area contributed by atoms with Crippen LogP contribution in [0.3, 0.4) is 0 Å². The Balaban J connectivity index is 1.53. The number of carbonyl (C=O) groups excluding carboxylic acids is 3. The first-order valence-corrected chi connectivity index (χ1v) is 14.3. The van der Waals surface area contributed by atoms with Crippen molar-refractivity contribution in [2.75, 3.05) is 0 Å². The summed E-state index contributed by atoms with van der Waals surface area (Å²) in [5.41, 5.74) is 1.04. The zero-order valence-electron chi connectivity index (χ0n) is 22.4. The normalized spacial score (nSPS) is 38.1. The summed E-state index contributed by atoms with van der Waals surface area (Å²) in [7, 11) is 0. The first-order chi connectivity index (χ1) is 16.7. The van der Waals surface area contributed by atoms with Gasteiger partial charge in [0.05, 0.1) is 0 Å². The third kappa shape index (κ3) is 5.25. The maximum Gasteiger partial charge on any atom is 0.306 e. The Morgan fingerprint density at radius 2 is 1.63 bits per heavy atom. The number of Topliss-reactive ketones (excluding diaryl/α,β-unsaturated/α-hetero) is 1. The first kappa shape index (κ1) is 26.4. The number of rotatable bonds is 9. The first-order valence-electron chi connectivity index (χ1n) is 14.3. The van der Waals surface area contributed by atoms with Crippen LogP contribution >= 0.6 is 0 Å². The predicted octanol–water partition coefficient (Wildman–Crippen LogP) is 6.72. The lowest BCUT2D eigenvalue weighted by Gasteiger charge is -2.58. The van der Waals surface area contributed by atoms with Crippen LogP contribution in [0.5, 0.6) is 0 Å². The van der Waals surface area contributed by atoms with Gasteiger partial charge in [-0.15, -0.1) is 0 Å². The number of hydrogen-bond acceptors (Lipinski definition) is 5. The number of fused-ring (bicyclic) bond motifs is 5. The molecule has 0 aliphatic heterocycles. The number of unbranched alkanes of at least 4 members (excludes halogenated alkanes) is 5. The number of ether oxygens (including phenoxy) is 2. The van der Waals surface area contributed by atoms with Crippen LogP contribution < -0.4 is 0 Å². The van der Waals surface area contributed by atoms with Crippen LogP contribution in [-0.4, -0.2) is 29.9 Å². The molecule has 0 N–H and O–H groups in total. The van der Waals surface area contributed by atoms with E-state index in [1.165, 1.54) is 38.2 Å². The highest BCUT2D eigenvalue weighted by atomic mass is 16.5. The van der Waals surface area contributed by atoms with Crippen molar-refractivity contribution in [1.29, 1.82) is 0 Å². The van der Waals surface area contributed by atoms with E-state index in [1.807, 2.05) is 0 Å². The number of esters is 2. The van der Waals surface area contributed by atoms with Gasteiger partial charge in [-0.2, -0.15) is 0 Å². The molecule has 0 spiro atoms. The topological polar surface area (TPSA) is 69.7 Å². The Morgan fingerprint density at radius 3 is 2.37 bits per heavy atom. The van der Waals surface area contributed by atoms with Crippen molar-refractivity contribution >= 4 is 17.7 Å². The highest BCUT2D eigenvalue weighted by Gasteiger charge is 2.61. The smallest absolute Gasteiger partial charge is 0.306 e. The highest BCUT2D eigenvalue weighted by molar-refractivity contribution is 5.87. The summed E-state index contributed by atoms with van der Waals surface area (Å²) < 4.78 is 11.9. The van der Waals surface area contributed by atoms with Gasteiger partial charge < -0.3 is 9.47 Å². The van der Waals surface area contributed by atoms with Gasteiger partial charge in [-0.05, 0) is 61.9 Å². The number of hydrogen-bond donors (Lipinski definition) is 0. The van der Waals surface area contributed by atoms with E-state index in [0.717, 1.165) is 51.4 Å². The van der Waals surface area contributed by atoms with E-state index in [9.17, 15) is 14.4 Å². The molecule has 196 valence electrons. The summed E-state index contributed by atoms with van der Waals surface area (Å²) >= 11 is 0. The van der Waals surface area contributed by atoms with Gasteiger partial charge in [-0.25, -0.2) is 0 Å². The maximum atomic E-state index is 13.0. The van der Waals surface area contributed by atoms with Crippen molar-refractivity contribution in [2.45, 2.75) is 130 Å². The average molecular weight is 487 g/mol. The van der Waals surface area contributed by atoms with E-state index in [0.29, 0.717) is 24.5 Å². The van der Waals surface area contributed by atoms with Crippen molar-refractivity contribution < 1.29 is 23.9 Å². The Bertz CT molecular complexity index is 846. The Labute approximate surface area is 211 Å². The van der Waals surface area contributed by atoms with Crippen LogP contribution in [0.15, 0.2) is 11.6 Å². The standard InChI is InChI=1S/C30H46O5/c1-5-6-7-8-9-10-11-27(33)35-25-19-21-18-22(34-20(2)31)14-16-29(21,3)24-15-17-30(4)23(28(24)25)12-13-26(30)32/h19,22-25,28H,5-18H2,1-4H3/t22-,23?,24?,25+,28?,29-,30-/m0/s1. The minimum atomic E-state index is -0.276. The molecule has 4 aliphatic carbocycles. The van der Waals surface area contributed by atoms with E-state index in [2.05, 4.69) is 26.8 Å². The molecule has 0 aromatic carbocycles. The van der Waals surface area contributed by atoms with Crippen LogP contribution in [-0.2, 0) is 23.9 Å². The van der Waals surface area contributed by atoms with Crippen molar-refractivity contribution in [1.82, 2.24) is 0 Å². The second-order valence-electron chi connectivity index (χ2n) is 12.3. The molecule has 0 amide bonds. The second-order valence-corrected chi connectivity index (χ2v) is 12.3. The molecule has 5 heteroatoms. The quantitative estimate of drug-likeness (QED) is 0.205. The molecule has 0 heterocycles. The summed E-state index contributed by atoms with van der Waals surface area (Å²) in [4.78, 5) is 37.5.